The number of sulfonamides is 1. The van der Waals surface area contributed by atoms with Gasteiger partial charge in [0.2, 0.25) is 15.9 Å². The summed E-state index contributed by atoms with van der Waals surface area (Å²) in [6, 6.07) is 7.84. The Morgan fingerprint density at radius 2 is 1.77 bits per heavy atom. The van der Waals surface area contributed by atoms with E-state index < -0.39 is 20.7 Å². The van der Waals surface area contributed by atoms with Gasteiger partial charge in [-0.15, -0.1) is 0 Å². The average molecular weight is 441 g/mol. The van der Waals surface area contributed by atoms with Crippen LogP contribution >= 0.6 is 0 Å². The largest absolute Gasteiger partial charge is 0.494 e. The van der Waals surface area contributed by atoms with Crippen molar-refractivity contribution in [1.82, 2.24) is 9.21 Å². The van der Waals surface area contributed by atoms with Gasteiger partial charge in [-0.1, -0.05) is 13.8 Å². The number of piperazine rings is 1. The third kappa shape index (κ3) is 5.44. The summed E-state index contributed by atoms with van der Waals surface area (Å²) >= 11 is 0. The molecule has 1 aromatic carbocycles. The third-order valence-electron chi connectivity index (χ3n) is 5.85. The van der Waals surface area contributed by atoms with E-state index in [4.69, 9.17) is 10.5 Å². The van der Waals surface area contributed by atoms with E-state index in [9.17, 15) is 13.2 Å². The summed E-state index contributed by atoms with van der Waals surface area (Å²) in [5.74, 6) is 0.0354. The smallest absolute Gasteiger partial charge is 0.240 e. The first-order valence-corrected chi connectivity index (χ1v) is 12.1. The van der Waals surface area contributed by atoms with Crippen molar-refractivity contribution >= 4 is 21.6 Å². The summed E-state index contributed by atoms with van der Waals surface area (Å²) < 4.78 is 32.0. The molecule has 0 spiro atoms. The van der Waals surface area contributed by atoms with Gasteiger partial charge in [-0.3, -0.25) is 4.79 Å². The highest BCUT2D eigenvalue weighted by Gasteiger charge is 2.48. The molecule has 2 rings (SSSR count). The molecule has 0 saturated carbocycles. The van der Waals surface area contributed by atoms with Crippen LogP contribution in [0.2, 0.25) is 0 Å². The molecular formula is C21H36N4O4S. The zero-order valence-electron chi connectivity index (χ0n) is 18.6. The molecule has 1 heterocycles. The van der Waals surface area contributed by atoms with Crippen LogP contribution in [0.4, 0.5) is 5.69 Å². The highest BCUT2D eigenvalue weighted by atomic mass is 32.2. The van der Waals surface area contributed by atoms with Crippen LogP contribution in [0, 0.1) is 0 Å². The Balaban J connectivity index is 2.05. The molecule has 0 aliphatic carbocycles. The van der Waals surface area contributed by atoms with E-state index in [1.807, 2.05) is 43.1 Å². The second-order valence-corrected chi connectivity index (χ2v) is 10.3. The maximum Gasteiger partial charge on any atom is 0.240 e. The fourth-order valence-electron chi connectivity index (χ4n) is 3.39. The van der Waals surface area contributed by atoms with E-state index >= 15 is 0 Å². The molecular weight excluding hydrogens is 404 g/mol. The van der Waals surface area contributed by atoms with Crippen LogP contribution in [0.3, 0.4) is 0 Å². The molecule has 1 unspecified atom stereocenters. The standard InChI is InChI=1S/C21H36N4O4S/c1-5-17-29-19-9-7-18(8-10-19)24-13-15-25(16-14-24)30(27,28)21(3,20(22)26)11-12-23(4)6-2/h7-10H,5-6,11-17H2,1-4H3,(H2,22,26). The first-order valence-electron chi connectivity index (χ1n) is 10.6. The van der Waals surface area contributed by atoms with Gasteiger partial charge in [0, 0.05) is 31.9 Å². The fourth-order valence-corrected chi connectivity index (χ4v) is 5.20. The van der Waals surface area contributed by atoms with Gasteiger partial charge in [0.15, 0.2) is 4.75 Å². The summed E-state index contributed by atoms with van der Waals surface area (Å²) in [6.45, 7) is 9.20. The van der Waals surface area contributed by atoms with Gasteiger partial charge in [-0.25, -0.2) is 8.42 Å². The van der Waals surface area contributed by atoms with E-state index in [1.165, 1.54) is 11.2 Å². The lowest BCUT2D eigenvalue weighted by atomic mass is 10.1. The van der Waals surface area contributed by atoms with Gasteiger partial charge in [0.25, 0.3) is 0 Å². The molecule has 1 saturated heterocycles. The summed E-state index contributed by atoms with van der Waals surface area (Å²) in [4.78, 5) is 16.3. The fraction of sp³-hybridized carbons (Fsp3) is 0.667. The molecule has 0 aromatic heterocycles. The van der Waals surface area contributed by atoms with Crippen molar-refractivity contribution in [2.24, 2.45) is 5.73 Å². The number of hydrogen-bond donors (Lipinski definition) is 1. The number of anilines is 1. The number of carbonyl (C=O) groups is 1. The molecule has 0 bridgehead atoms. The summed E-state index contributed by atoms with van der Waals surface area (Å²) in [7, 11) is -1.97. The monoisotopic (exact) mass is 440 g/mol. The highest BCUT2D eigenvalue weighted by molar-refractivity contribution is 7.91. The van der Waals surface area contributed by atoms with Crippen molar-refractivity contribution in [2.45, 2.75) is 38.4 Å². The zero-order valence-corrected chi connectivity index (χ0v) is 19.5. The zero-order chi connectivity index (χ0) is 22.4. The normalized spacial score (nSPS) is 17.7. The molecule has 2 N–H and O–H groups in total. The number of primary amides is 1. The van der Waals surface area contributed by atoms with E-state index in [2.05, 4.69) is 11.8 Å². The SMILES string of the molecule is CCCOc1ccc(N2CCN(S(=O)(=O)C(C)(CCN(C)CC)C(N)=O)CC2)cc1. The van der Waals surface area contributed by atoms with Crippen molar-refractivity contribution in [2.75, 3.05) is 57.8 Å². The molecule has 1 aromatic rings. The molecule has 170 valence electrons. The number of benzene rings is 1. The molecule has 30 heavy (non-hydrogen) atoms. The van der Waals surface area contributed by atoms with Crippen LogP contribution in [0.15, 0.2) is 24.3 Å². The van der Waals surface area contributed by atoms with Gasteiger partial charge in [0.1, 0.15) is 5.75 Å². The van der Waals surface area contributed by atoms with E-state index in [0.717, 1.165) is 24.4 Å². The minimum Gasteiger partial charge on any atom is -0.494 e. The molecule has 9 heteroatoms. The number of amides is 1. The lowest BCUT2D eigenvalue weighted by molar-refractivity contribution is -0.120. The second-order valence-electron chi connectivity index (χ2n) is 7.97. The summed E-state index contributed by atoms with van der Waals surface area (Å²) in [5.41, 5.74) is 6.60. The Morgan fingerprint density at radius 3 is 2.27 bits per heavy atom. The number of ether oxygens (including phenoxy) is 1. The Labute approximate surface area is 181 Å². The Hall–Kier alpha value is -1.84. The highest BCUT2D eigenvalue weighted by Crippen LogP contribution is 2.28. The van der Waals surface area contributed by atoms with Gasteiger partial charge in [-0.2, -0.15) is 4.31 Å². The van der Waals surface area contributed by atoms with E-state index in [-0.39, 0.29) is 6.42 Å². The van der Waals surface area contributed by atoms with E-state index in [0.29, 0.717) is 39.3 Å². The van der Waals surface area contributed by atoms with Gasteiger partial charge < -0.3 is 20.3 Å². The molecule has 1 aliphatic rings. The number of rotatable bonds is 11. The Kier molecular flexibility index (Phi) is 8.52. The minimum atomic E-state index is -3.86. The van der Waals surface area contributed by atoms with Crippen LogP contribution in [-0.4, -0.2) is 81.2 Å². The molecule has 1 aliphatic heterocycles. The lowest BCUT2D eigenvalue weighted by Crippen LogP contribution is -2.59. The van der Waals surface area contributed by atoms with Gasteiger partial charge in [0.05, 0.1) is 6.61 Å². The van der Waals surface area contributed by atoms with Crippen molar-refractivity contribution in [3.05, 3.63) is 24.3 Å². The summed E-state index contributed by atoms with van der Waals surface area (Å²) in [5, 5.41) is 0. The molecule has 1 amide bonds. The number of nitrogens with zero attached hydrogens (tertiary/aromatic N) is 3. The maximum atomic E-state index is 13.3. The molecule has 1 fully saturated rings. The van der Waals surface area contributed by atoms with Crippen LogP contribution in [0.1, 0.15) is 33.6 Å². The predicted molar refractivity (Wildman–Crippen MR) is 120 cm³/mol. The van der Waals surface area contributed by atoms with Crippen molar-refractivity contribution in [3.8, 4) is 5.75 Å². The van der Waals surface area contributed by atoms with Gasteiger partial charge >= 0.3 is 0 Å². The van der Waals surface area contributed by atoms with Crippen LogP contribution in [-0.2, 0) is 14.8 Å². The Bertz CT molecular complexity index is 792. The third-order valence-corrected chi connectivity index (χ3v) is 8.44. The number of hydrogen-bond acceptors (Lipinski definition) is 6. The lowest BCUT2D eigenvalue weighted by Gasteiger charge is -2.39. The minimum absolute atomic E-state index is 0.175. The number of carbonyl (C=O) groups excluding carboxylic acids is 1. The van der Waals surface area contributed by atoms with Crippen LogP contribution in [0.25, 0.3) is 0 Å². The van der Waals surface area contributed by atoms with Gasteiger partial charge in [-0.05, 0) is 64.2 Å². The Morgan fingerprint density at radius 1 is 1.17 bits per heavy atom. The average Bonchev–Trinajstić information content (AvgIpc) is 2.75. The maximum absolute atomic E-state index is 13.3. The first kappa shape index (κ1) is 24.4. The van der Waals surface area contributed by atoms with Crippen molar-refractivity contribution in [1.29, 1.82) is 0 Å². The molecule has 0 radical (unpaired) electrons. The van der Waals surface area contributed by atoms with E-state index in [1.54, 1.807) is 0 Å². The molecule has 8 nitrogen and oxygen atoms in total. The van der Waals surface area contributed by atoms with Crippen LogP contribution in [0.5, 0.6) is 5.75 Å². The predicted octanol–water partition coefficient (Wildman–Crippen LogP) is 1.51. The summed E-state index contributed by atoms with van der Waals surface area (Å²) in [6.07, 6.45) is 1.13. The van der Waals surface area contributed by atoms with Crippen molar-refractivity contribution < 1.29 is 17.9 Å². The van der Waals surface area contributed by atoms with Crippen LogP contribution < -0.4 is 15.4 Å². The first-order chi connectivity index (χ1) is 14.2. The quantitative estimate of drug-likeness (QED) is 0.560. The topological polar surface area (TPSA) is 96.2 Å². The molecule has 1 atom stereocenters. The number of nitrogens with two attached hydrogens (primary N) is 1. The van der Waals surface area contributed by atoms with Crippen molar-refractivity contribution in [3.63, 3.8) is 0 Å². The second kappa shape index (κ2) is 10.5.